The average Bonchev–Trinajstić information content (AvgIpc) is 2.96. The Kier molecular flexibility index (Phi) is 7.55. The standard InChI is InChI=1S/C33H29N3O2/c1-23(2)25-16-18-26(19-17-25)31-20-29(28-13-7-8-14-30(28)35-31)33(37)36-34-21-27-12-6-9-15-32(27)38-22-24-10-4-3-5-11-24/h3-21,23H,22H2,1-2H3,(H,36,37). The molecule has 1 N–H and O–H groups in total. The topological polar surface area (TPSA) is 63.6 Å². The number of carbonyl (C=O) groups excluding carboxylic acids is 1. The Morgan fingerprint density at radius 2 is 1.61 bits per heavy atom. The quantitative estimate of drug-likeness (QED) is 0.179. The third-order valence-electron chi connectivity index (χ3n) is 6.36. The number of nitrogens with zero attached hydrogens (tertiary/aromatic N) is 2. The van der Waals surface area contributed by atoms with Crippen LogP contribution in [0.1, 0.15) is 46.8 Å². The van der Waals surface area contributed by atoms with Crippen molar-refractivity contribution in [3.63, 3.8) is 0 Å². The van der Waals surface area contributed by atoms with Crippen molar-refractivity contribution in [3.8, 4) is 17.0 Å². The second-order valence-electron chi connectivity index (χ2n) is 9.36. The van der Waals surface area contributed by atoms with Gasteiger partial charge in [-0.1, -0.05) is 98.8 Å². The molecule has 0 aliphatic rings. The molecule has 1 heterocycles. The molecule has 0 aliphatic carbocycles. The third kappa shape index (κ3) is 5.79. The Morgan fingerprint density at radius 1 is 0.895 bits per heavy atom. The van der Waals surface area contributed by atoms with Gasteiger partial charge in [-0.15, -0.1) is 0 Å². The van der Waals surface area contributed by atoms with Crippen LogP contribution in [0.5, 0.6) is 5.75 Å². The molecule has 1 amide bonds. The maximum atomic E-state index is 13.3. The van der Waals surface area contributed by atoms with E-state index in [2.05, 4.69) is 48.6 Å². The number of fused-ring (bicyclic) bond motifs is 1. The Labute approximate surface area is 222 Å². The molecule has 38 heavy (non-hydrogen) atoms. The van der Waals surface area contributed by atoms with Gasteiger partial charge in [0.15, 0.2) is 0 Å². The number of nitrogens with one attached hydrogen (secondary N) is 1. The second-order valence-corrected chi connectivity index (χ2v) is 9.36. The van der Waals surface area contributed by atoms with Gasteiger partial charge in [0.25, 0.3) is 5.91 Å². The predicted molar refractivity (Wildman–Crippen MR) is 154 cm³/mol. The SMILES string of the molecule is CC(C)c1ccc(-c2cc(C(=O)NN=Cc3ccccc3OCc3ccccc3)c3ccccc3n2)cc1. The van der Waals surface area contributed by atoms with Gasteiger partial charge in [-0.2, -0.15) is 5.10 Å². The van der Waals surface area contributed by atoms with Crippen molar-refractivity contribution in [2.24, 2.45) is 5.10 Å². The maximum Gasteiger partial charge on any atom is 0.272 e. The zero-order valence-electron chi connectivity index (χ0n) is 21.5. The number of benzene rings is 4. The highest BCUT2D eigenvalue weighted by Gasteiger charge is 2.14. The molecular weight excluding hydrogens is 470 g/mol. The summed E-state index contributed by atoms with van der Waals surface area (Å²) in [5.74, 6) is 0.833. The fraction of sp³-hybridized carbons (Fsp3) is 0.121. The van der Waals surface area contributed by atoms with Gasteiger partial charge in [-0.3, -0.25) is 4.79 Å². The zero-order valence-corrected chi connectivity index (χ0v) is 21.5. The highest BCUT2D eigenvalue weighted by molar-refractivity contribution is 6.07. The minimum Gasteiger partial charge on any atom is -0.488 e. The van der Waals surface area contributed by atoms with Crippen LogP contribution in [0.25, 0.3) is 22.2 Å². The van der Waals surface area contributed by atoms with Crippen LogP contribution in [0.15, 0.2) is 114 Å². The van der Waals surface area contributed by atoms with Crippen LogP contribution >= 0.6 is 0 Å². The number of ether oxygens (including phenoxy) is 1. The number of aromatic nitrogens is 1. The molecule has 5 heteroatoms. The van der Waals surface area contributed by atoms with Gasteiger partial charge in [0, 0.05) is 16.5 Å². The van der Waals surface area contributed by atoms with Crippen molar-refractivity contribution in [1.29, 1.82) is 0 Å². The van der Waals surface area contributed by atoms with Crippen LogP contribution in [0, 0.1) is 0 Å². The molecule has 4 aromatic carbocycles. The second kappa shape index (κ2) is 11.5. The van der Waals surface area contributed by atoms with Crippen LogP contribution < -0.4 is 10.2 Å². The Hall–Kier alpha value is -4.77. The molecule has 0 unspecified atom stereocenters. The molecule has 0 aliphatic heterocycles. The van der Waals surface area contributed by atoms with E-state index in [1.165, 1.54) is 5.56 Å². The van der Waals surface area contributed by atoms with Gasteiger partial charge in [0.05, 0.1) is 23.0 Å². The van der Waals surface area contributed by atoms with Gasteiger partial charge in [-0.25, -0.2) is 10.4 Å². The molecule has 1 aromatic heterocycles. The molecule has 0 radical (unpaired) electrons. The number of amides is 1. The maximum absolute atomic E-state index is 13.3. The van der Waals surface area contributed by atoms with Crippen LogP contribution in [0.3, 0.4) is 0 Å². The molecule has 5 nitrogen and oxygen atoms in total. The monoisotopic (exact) mass is 499 g/mol. The number of hydrogen-bond donors (Lipinski definition) is 1. The van der Waals surface area contributed by atoms with Crippen molar-refractivity contribution < 1.29 is 9.53 Å². The fourth-order valence-corrected chi connectivity index (χ4v) is 4.22. The van der Waals surface area contributed by atoms with E-state index in [9.17, 15) is 4.79 Å². The summed E-state index contributed by atoms with van der Waals surface area (Å²) in [5, 5.41) is 5.02. The Morgan fingerprint density at radius 3 is 2.39 bits per heavy atom. The van der Waals surface area contributed by atoms with E-state index in [1.54, 1.807) is 6.21 Å². The molecule has 0 spiro atoms. The Balaban J connectivity index is 1.37. The lowest BCUT2D eigenvalue weighted by Crippen LogP contribution is -2.18. The van der Waals surface area contributed by atoms with E-state index in [1.807, 2.05) is 84.9 Å². The van der Waals surface area contributed by atoms with E-state index in [0.29, 0.717) is 23.8 Å². The zero-order chi connectivity index (χ0) is 26.3. The van der Waals surface area contributed by atoms with Crippen molar-refractivity contribution in [1.82, 2.24) is 10.4 Å². The van der Waals surface area contributed by atoms with Gasteiger partial charge in [-0.05, 0) is 41.3 Å². The molecule has 0 saturated heterocycles. The molecular formula is C33H29N3O2. The van der Waals surface area contributed by atoms with Gasteiger partial charge in [0.1, 0.15) is 12.4 Å². The lowest BCUT2D eigenvalue weighted by Gasteiger charge is -2.11. The van der Waals surface area contributed by atoms with Crippen molar-refractivity contribution in [3.05, 3.63) is 131 Å². The average molecular weight is 500 g/mol. The molecule has 5 aromatic rings. The minimum atomic E-state index is -0.303. The molecule has 0 atom stereocenters. The molecule has 188 valence electrons. The highest BCUT2D eigenvalue weighted by Crippen LogP contribution is 2.26. The van der Waals surface area contributed by atoms with E-state index in [0.717, 1.165) is 33.3 Å². The van der Waals surface area contributed by atoms with Crippen LogP contribution in [0.4, 0.5) is 0 Å². The molecule has 0 bridgehead atoms. The van der Waals surface area contributed by atoms with Gasteiger partial charge < -0.3 is 4.74 Å². The van der Waals surface area contributed by atoms with E-state index in [-0.39, 0.29) is 5.91 Å². The number of rotatable bonds is 8. The number of carbonyl (C=O) groups is 1. The summed E-state index contributed by atoms with van der Waals surface area (Å²) in [6.07, 6.45) is 1.60. The summed E-state index contributed by atoms with van der Waals surface area (Å²) in [7, 11) is 0. The summed E-state index contributed by atoms with van der Waals surface area (Å²) in [6, 6.07) is 35.4. The fourth-order valence-electron chi connectivity index (χ4n) is 4.22. The van der Waals surface area contributed by atoms with E-state index in [4.69, 9.17) is 9.72 Å². The lowest BCUT2D eigenvalue weighted by molar-refractivity contribution is 0.0956. The molecule has 0 saturated carbocycles. The summed E-state index contributed by atoms with van der Waals surface area (Å²) >= 11 is 0. The van der Waals surface area contributed by atoms with E-state index < -0.39 is 0 Å². The third-order valence-corrected chi connectivity index (χ3v) is 6.36. The number of pyridine rings is 1. The van der Waals surface area contributed by atoms with Gasteiger partial charge in [0.2, 0.25) is 0 Å². The number of hydrogen-bond acceptors (Lipinski definition) is 4. The first kappa shape index (κ1) is 24.9. The first-order valence-electron chi connectivity index (χ1n) is 12.7. The minimum absolute atomic E-state index is 0.303. The van der Waals surface area contributed by atoms with Crippen LogP contribution in [0.2, 0.25) is 0 Å². The van der Waals surface area contributed by atoms with Crippen molar-refractivity contribution in [2.45, 2.75) is 26.4 Å². The van der Waals surface area contributed by atoms with E-state index >= 15 is 0 Å². The first-order valence-corrected chi connectivity index (χ1v) is 12.7. The predicted octanol–water partition coefficient (Wildman–Crippen LogP) is 7.37. The summed E-state index contributed by atoms with van der Waals surface area (Å²) in [5.41, 5.74) is 8.78. The van der Waals surface area contributed by atoms with Crippen molar-refractivity contribution >= 4 is 23.0 Å². The summed E-state index contributed by atoms with van der Waals surface area (Å²) < 4.78 is 6.00. The molecule has 5 rings (SSSR count). The van der Waals surface area contributed by atoms with Crippen LogP contribution in [-0.2, 0) is 6.61 Å². The Bertz CT molecular complexity index is 1580. The molecule has 0 fully saturated rings. The largest absolute Gasteiger partial charge is 0.488 e. The summed E-state index contributed by atoms with van der Waals surface area (Å²) in [4.78, 5) is 18.1. The lowest BCUT2D eigenvalue weighted by atomic mass is 9.99. The van der Waals surface area contributed by atoms with Crippen molar-refractivity contribution in [2.75, 3.05) is 0 Å². The van der Waals surface area contributed by atoms with Gasteiger partial charge >= 0.3 is 0 Å². The smallest absolute Gasteiger partial charge is 0.272 e. The first-order chi connectivity index (χ1) is 18.6. The number of para-hydroxylation sites is 2. The number of hydrazone groups is 1. The normalized spacial score (nSPS) is 11.2. The summed E-state index contributed by atoms with van der Waals surface area (Å²) in [6.45, 7) is 4.78. The highest BCUT2D eigenvalue weighted by atomic mass is 16.5. The van der Waals surface area contributed by atoms with Crippen LogP contribution in [-0.4, -0.2) is 17.1 Å².